The van der Waals surface area contributed by atoms with Gasteiger partial charge in [0.15, 0.2) is 0 Å². The highest BCUT2D eigenvalue weighted by atomic mass is 16.5. The molecule has 7 heteroatoms. The number of aliphatic hydroxyl groups is 1. The number of hydrogen-bond donors (Lipinski definition) is 1. The van der Waals surface area contributed by atoms with Crippen LogP contribution >= 0.6 is 0 Å². The molecule has 1 amide bonds. The van der Waals surface area contributed by atoms with Crippen molar-refractivity contribution in [1.82, 2.24) is 0 Å². The van der Waals surface area contributed by atoms with Crippen LogP contribution in [0.15, 0.2) is 72.3 Å². The van der Waals surface area contributed by atoms with E-state index in [2.05, 4.69) is 0 Å². The lowest BCUT2D eigenvalue weighted by molar-refractivity contribution is -0.132. The van der Waals surface area contributed by atoms with Crippen molar-refractivity contribution in [3.8, 4) is 17.2 Å². The van der Waals surface area contributed by atoms with Crippen LogP contribution in [0.2, 0.25) is 0 Å². The first-order chi connectivity index (χ1) is 17.0. The third-order valence-corrected chi connectivity index (χ3v) is 6.17. The lowest BCUT2D eigenvalue weighted by Gasteiger charge is -2.27. The van der Waals surface area contributed by atoms with Crippen LogP contribution in [-0.2, 0) is 16.0 Å². The van der Waals surface area contributed by atoms with E-state index in [-0.39, 0.29) is 16.9 Å². The van der Waals surface area contributed by atoms with Gasteiger partial charge in [-0.25, -0.2) is 0 Å². The molecule has 4 rings (SSSR count). The van der Waals surface area contributed by atoms with Gasteiger partial charge in [-0.3, -0.25) is 14.5 Å². The van der Waals surface area contributed by atoms with E-state index in [1.54, 1.807) is 54.6 Å². The van der Waals surface area contributed by atoms with E-state index in [1.807, 2.05) is 19.1 Å². The van der Waals surface area contributed by atoms with Gasteiger partial charge in [0.05, 0.1) is 32.9 Å². The Hall–Kier alpha value is -4.26. The largest absolute Gasteiger partial charge is 0.506 e. The van der Waals surface area contributed by atoms with E-state index in [1.165, 1.54) is 26.2 Å². The van der Waals surface area contributed by atoms with E-state index in [9.17, 15) is 14.7 Å². The van der Waals surface area contributed by atoms with Gasteiger partial charge in [0.25, 0.3) is 11.7 Å². The number of hydrogen-bond acceptors (Lipinski definition) is 6. The minimum absolute atomic E-state index is 0.0816. The Morgan fingerprint density at radius 2 is 1.40 bits per heavy atom. The lowest BCUT2D eigenvalue weighted by atomic mass is 9.93. The summed E-state index contributed by atoms with van der Waals surface area (Å²) in [5.41, 5.74) is 2.30. The Kier molecular flexibility index (Phi) is 6.78. The predicted molar refractivity (Wildman–Crippen MR) is 133 cm³/mol. The second-order valence-electron chi connectivity index (χ2n) is 7.97. The van der Waals surface area contributed by atoms with Crippen LogP contribution in [0.4, 0.5) is 5.69 Å². The predicted octanol–water partition coefficient (Wildman–Crippen LogP) is 4.90. The van der Waals surface area contributed by atoms with Gasteiger partial charge in [-0.05, 0) is 42.3 Å². The van der Waals surface area contributed by atoms with Crippen molar-refractivity contribution >= 4 is 23.1 Å². The first-order valence-electron chi connectivity index (χ1n) is 11.2. The number of Topliss-reactive ketones (excluding diaryl/α,β-unsaturated/α-hetero) is 1. The number of amides is 1. The Balaban J connectivity index is 2.02. The van der Waals surface area contributed by atoms with Crippen LogP contribution in [0.25, 0.3) is 5.76 Å². The highest BCUT2D eigenvalue weighted by Crippen LogP contribution is 2.47. The minimum Gasteiger partial charge on any atom is -0.506 e. The van der Waals surface area contributed by atoms with E-state index in [0.717, 1.165) is 12.0 Å². The first-order valence-corrected chi connectivity index (χ1v) is 11.2. The average molecular weight is 474 g/mol. The van der Waals surface area contributed by atoms with Crippen LogP contribution in [0.5, 0.6) is 17.2 Å². The average Bonchev–Trinajstić information content (AvgIpc) is 3.17. The van der Waals surface area contributed by atoms with Gasteiger partial charge in [0.1, 0.15) is 28.6 Å². The number of aliphatic hydroxyl groups excluding tert-OH is 1. The van der Waals surface area contributed by atoms with Crippen molar-refractivity contribution in [1.29, 1.82) is 0 Å². The van der Waals surface area contributed by atoms with Gasteiger partial charge in [-0.15, -0.1) is 0 Å². The van der Waals surface area contributed by atoms with Crippen LogP contribution in [0, 0.1) is 0 Å². The molecule has 3 aromatic carbocycles. The fraction of sp³-hybridized carbons (Fsp3) is 0.214. The Morgan fingerprint density at radius 3 is 1.97 bits per heavy atom. The Labute approximate surface area is 204 Å². The zero-order chi connectivity index (χ0) is 25.1. The molecule has 0 radical (unpaired) electrons. The van der Waals surface area contributed by atoms with Gasteiger partial charge in [0.2, 0.25) is 0 Å². The molecule has 7 nitrogen and oxygen atoms in total. The molecule has 1 aliphatic rings. The number of methoxy groups -OCH3 is 3. The van der Waals surface area contributed by atoms with Crippen LogP contribution in [0.3, 0.4) is 0 Å². The summed E-state index contributed by atoms with van der Waals surface area (Å²) in [6.07, 6.45) is 0.836. The SMILES string of the molecule is CCc1ccc(N2C(=O)C(=O)/C(=C(/O)c3c(OC)cccc3OC)C2c2ccccc2OC)cc1. The first kappa shape index (κ1) is 23.9. The van der Waals surface area contributed by atoms with E-state index >= 15 is 0 Å². The van der Waals surface area contributed by atoms with Crippen LogP contribution in [-0.4, -0.2) is 38.1 Å². The highest BCUT2D eigenvalue weighted by molar-refractivity contribution is 6.51. The number of carbonyl (C=O) groups excluding carboxylic acids is 2. The van der Waals surface area contributed by atoms with Crippen molar-refractivity contribution in [2.45, 2.75) is 19.4 Å². The number of nitrogens with zero attached hydrogens (tertiary/aromatic N) is 1. The summed E-state index contributed by atoms with van der Waals surface area (Å²) in [5.74, 6) is -0.863. The Bertz CT molecular complexity index is 1270. The summed E-state index contributed by atoms with van der Waals surface area (Å²) >= 11 is 0. The van der Waals surface area contributed by atoms with E-state index in [4.69, 9.17) is 14.2 Å². The molecule has 1 fully saturated rings. The summed E-state index contributed by atoms with van der Waals surface area (Å²) in [4.78, 5) is 28.3. The molecule has 0 aromatic heterocycles. The lowest BCUT2D eigenvalue weighted by Crippen LogP contribution is -2.29. The number of anilines is 1. The van der Waals surface area contributed by atoms with E-state index in [0.29, 0.717) is 28.5 Å². The molecule has 1 aliphatic heterocycles. The van der Waals surface area contributed by atoms with Crippen LogP contribution in [0.1, 0.15) is 29.7 Å². The summed E-state index contributed by atoms with van der Waals surface area (Å²) in [6, 6.07) is 18.6. The minimum atomic E-state index is -0.937. The number of rotatable bonds is 7. The van der Waals surface area contributed by atoms with Crippen LogP contribution < -0.4 is 19.1 Å². The fourth-order valence-corrected chi connectivity index (χ4v) is 4.40. The zero-order valence-corrected chi connectivity index (χ0v) is 20.1. The van der Waals surface area contributed by atoms with Crippen molar-refractivity contribution in [2.75, 3.05) is 26.2 Å². The summed E-state index contributed by atoms with van der Waals surface area (Å²) in [7, 11) is 4.43. The number of ketones is 1. The zero-order valence-electron chi connectivity index (χ0n) is 20.1. The summed E-state index contributed by atoms with van der Waals surface area (Å²) < 4.78 is 16.5. The van der Waals surface area contributed by atoms with Crippen molar-refractivity contribution in [2.24, 2.45) is 0 Å². The fourth-order valence-electron chi connectivity index (χ4n) is 4.40. The van der Waals surface area contributed by atoms with Crippen molar-refractivity contribution in [3.05, 3.63) is 89.0 Å². The quantitative estimate of drug-likeness (QED) is 0.298. The second kappa shape index (κ2) is 9.93. The molecule has 35 heavy (non-hydrogen) atoms. The highest BCUT2D eigenvalue weighted by Gasteiger charge is 2.48. The molecule has 1 heterocycles. The van der Waals surface area contributed by atoms with Crippen molar-refractivity contribution < 1.29 is 28.9 Å². The van der Waals surface area contributed by atoms with Gasteiger partial charge in [0, 0.05) is 11.3 Å². The Morgan fingerprint density at radius 1 is 0.829 bits per heavy atom. The molecule has 1 N–H and O–H groups in total. The maximum Gasteiger partial charge on any atom is 0.300 e. The molecule has 1 saturated heterocycles. The van der Waals surface area contributed by atoms with Gasteiger partial charge in [-0.1, -0.05) is 43.3 Å². The normalized spacial score (nSPS) is 16.9. The monoisotopic (exact) mass is 473 g/mol. The molecule has 180 valence electrons. The number of carbonyl (C=O) groups is 2. The van der Waals surface area contributed by atoms with Gasteiger partial charge in [-0.2, -0.15) is 0 Å². The summed E-state index contributed by atoms with van der Waals surface area (Å²) in [6.45, 7) is 2.04. The second-order valence-corrected chi connectivity index (χ2v) is 7.97. The van der Waals surface area contributed by atoms with Crippen molar-refractivity contribution in [3.63, 3.8) is 0 Å². The molecule has 1 atom stereocenters. The summed E-state index contributed by atoms with van der Waals surface area (Å²) in [5, 5.41) is 11.6. The third kappa shape index (κ3) is 4.10. The molecule has 0 saturated carbocycles. The number of para-hydroxylation sites is 1. The topological polar surface area (TPSA) is 85.3 Å². The molecule has 3 aromatic rings. The van der Waals surface area contributed by atoms with E-state index < -0.39 is 17.7 Å². The van der Waals surface area contributed by atoms with Gasteiger partial charge >= 0.3 is 0 Å². The maximum absolute atomic E-state index is 13.5. The number of benzene rings is 3. The molecule has 0 bridgehead atoms. The standard InChI is InChI=1S/C28H27NO6/c1-5-17-13-15-18(16-14-17)29-25(19-9-6-7-10-20(19)33-2)24(27(31)28(29)32)26(30)23-21(34-3)11-8-12-22(23)35-4/h6-16,25,30H,5H2,1-4H3/b26-24+. The number of aryl methyl sites for hydroxylation is 1. The molecule has 0 spiro atoms. The number of ether oxygens (including phenoxy) is 3. The van der Waals surface area contributed by atoms with Gasteiger partial charge < -0.3 is 19.3 Å². The molecule has 0 aliphatic carbocycles. The smallest absolute Gasteiger partial charge is 0.300 e. The molecular formula is C28H27NO6. The third-order valence-electron chi connectivity index (χ3n) is 6.17. The molecular weight excluding hydrogens is 446 g/mol. The maximum atomic E-state index is 13.5. The molecule has 1 unspecified atom stereocenters.